The molecule has 0 amide bonds. The molecule has 1 unspecified atom stereocenters. The molecule has 0 aromatic heterocycles. The number of piperidine rings is 1. The first-order valence-corrected chi connectivity index (χ1v) is 4.79. The lowest BCUT2D eigenvalue weighted by atomic mass is 10.0. The van der Waals surface area contributed by atoms with Crippen LogP contribution >= 0.6 is 0 Å². The van der Waals surface area contributed by atoms with E-state index < -0.39 is 0 Å². The van der Waals surface area contributed by atoms with E-state index in [4.69, 9.17) is 0 Å². The van der Waals surface area contributed by atoms with Crippen molar-refractivity contribution in [1.82, 2.24) is 9.80 Å². The third-order valence-corrected chi connectivity index (χ3v) is 3.01. The summed E-state index contributed by atoms with van der Waals surface area (Å²) in [5.41, 5.74) is 0. The first kappa shape index (κ1) is 7.56. The van der Waals surface area contributed by atoms with E-state index >= 15 is 0 Å². The third kappa shape index (κ3) is 1.57. The molecule has 2 fully saturated rings. The van der Waals surface area contributed by atoms with Crippen molar-refractivity contribution in [2.75, 3.05) is 33.2 Å². The van der Waals surface area contributed by atoms with Crippen molar-refractivity contribution in [2.45, 2.75) is 25.3 Å². The van der Waals surface area contributed by atoms with Crippen LogP contribution in [0.4, 0.5) is 0 Å². The number of likely N-dealkylation sites (N-methyl/N-ethyl adjacent to an activating group) is 1. The van der Waals surface area contributed by atoms with Gasteiger partial charge in [-0.25, -0.2) is 0 Å². The molecule has 2 heteroatoms. The fourth-order valence-corrected chi connectivity index (χ4v) is 2.14. The molecule has 0 radical (unpaired) electrons. The summed E-state index contributed by atoms with van der Waals surface area (Å²) < 4.78 is 0. The molecular weight excluding hydrogens is 136 g/mol. The van der Waals surface area contributed by atoms with Crippen LogP contribution < -0.4 is 0 Å². The predicted molar refractivity (Wildman–Crippen MR) is 46.7 cm³/mol. The van der Waals surface area contributed by atoms with Crippen molar-refractivity contribution >= 4 is 0 Å². The molecule has 0 bridgehead atoms. The van der Waals surface area contributed by atoms with Gasteiger partial charge in [-0.2, -0.15) is 0 Å². The second-order valence-corrected chi connectivity index (χ2v) is 3.95. The van der Waals surface area contributed by atoms with Gasteiger partial charge in [-0.05, 0) is 45.9 Å². The van der Waals surface area contributed by atoms with Crippen molar-refractivity contribution in [1.29, 1.82) is 0 Å². The number of rotatable bonds is 1. The minimum absolute atomic E-state index is 0.891. The van der Waals surface area contributed by atoms with Gasteiger partial charge in [0.2, 0.25) is 0 Å². The van der Waals surface area contributed by atoms with E-state index in [1.807, 2.05) is 0 Å². The second-order valence-electron chi connectivity index (χ2n) is 3.95. The van der Waals surface area contributed by atoms with Crippen LogP contribution in [0.3, 0.4) is 0 Å². The number of nitrogens with zero attached hydrogens (tertiary/aromatic N) is 2. The highest BCUT2D eigenvalue weighted by Crippen LogP contribution is 2.19. The highest BCUT2D eigenvalue weighted by Gasteiger charge is 2.26. The monoisotopic (exact) mass is 154 g/mol. The Morgan fingerprint density at radius 2 is 1.91 bits per heavy atom. The molecule has 0 saturated carbocycles. The zero-order chi connectivity index (χ0) is 7.68. The first-order chi connectivity index (χ1) is 5.36. The Kier molecular flexibility index (Phi) is 2.14. The minimum atomic E-state index is 0.891. The van der Waals surface area contributed by atoms with Crippen molar-refractivity contribution < 1.29 is 0 Å². The summed E-state index contributed by atoms with van der Waals surface area (Å²) in [6, 6.07) is 0.891. The van der Waals surface area contributed by atoms with Gasteiger partial charge >= 0.3 is 0 Å². The summed E-state index contributed by atoms with van der Waals surface area (Å²) in [5, 5.41) is 0. The van der Waals surface area contributed by atoms with E-state index in [2.05, 4.69) is 16.8 Å². The minimum Gasteiger partial charge on any atom is -0.305 e. The van der Waals surface area contributed by atoms with Crippen LogP contribution in [-0.2, 0) is 0 Å². The SMILES string of the molecule is CN1CCCC(N2CCC2)C1. The summed E-state index contributed by atoms with van der Waals surface area (Å²) in [7, 11) is 2.24. The molecule has 2 saturated heterocycles. The fraction of sp³-hybridized carbons (Fsp3) is 1.00. The molecule has 2 aliphatic rings. The summed E-state index contributed by atoms with van der Waals surface area (Å²) in [6.45, 7) is 5.33. The maximum atomic E-state index is 2.63. The third-order valence-electron chi connectivity index (χ3n) is 3.01. The van der Waals surface area contributed by atoms with Crippen molar-refractivity contribution in [3.05, 3.63) is 0 Å². The van der Waals surface area contributed by atoms with Gasteiger partial charge in [0, 0.05) is 12.6 Å². The van der Waals surface area contributed by atoms with E-state index in [1.165, 1.54) is 45.4 Å². The molecule has 2 aliphatic heterocycles. The van der Waals surface area contributed by atoms with E-state index in [0.29, 0.717) is 0 Å². The Morgan fingerprint density at radius 1 is 1.09 bits per heavy atom. The largest absolute Gasteiger partial charge is 0.305 e. The number of hydrogen-bond acceptors (Lipinski definition) is 2. The van der Waals surface area contributed by atoms with E-state index in [-0.39, 0.29) is 0 Å². The zero-order valence-corrected chi connectivity index (χ0v) is 7.42. The van der Waals surface area contributed by atoms with Crippen molar-refractivity contribution in [3.8, 4) is 0 Å². The van der Waals surface area contributed by atoms with Crippen LogP contribution in [0.25, 0.3) is 0 Å². The quantitative estimate of drug-likeness (QED) is 0.551. The Labute approximate surface area is 69.2 Å². The zero-order valence-electron chi connectivity index (χ0n) is 7.42. The summed E-state index contributed by atoms with van der Waals surface area (Å²) in [6.07, 6.45) is 4.27. The standard InChI is InChI=1S/C9H18N2/c1-10-5-2-4-9(8-10)11-6-3-7-11/h9H,2-8H2,1H3. The highest BCUT2D eigenvalue weighted by molar-refractivity contribution is 4.83. The maximum Gasteiger partial charge on any atom is 0.0223 e. The number of hydrogen-bond donors (Lipinski definition) is 0. The molecule has 0 aromatic carbocycles. The Balaban J connectivity index is 1.82. The molecule has 0 N–H and O–H groups in total. The molecule has 64 valence electrons. The van der Waals surface area contributed by atoms with E-state index in [1.54, 1.807) is 0 Å². The smallest absolute Gasteiger partial charge is 0.0223 e. The molecule has 2 nitrogen and oxygen atoms in total. The number of likely N-dealkylation sites (tertiary alicyclic amines) is 2. The second kappa shape index (κ2) is 3.11. The van der Waals surface area contributed by atoms with Gasteiger partial charge in [-0.1, -0.05) is 0 Å². The maximum absolute atomic E-state index is 2.63. The molecule has 2 rings (SSSR count). The van der Waals surface area contributed by atoms with Crippen LogP contribution in [-0.4, -0.2) is 49.1 Å². The first-order valence-electron chi connectivity index (χ1n) is 4.79. The van der Waals surface area contributed by atoms with Crippen LogP contribution in [0.15, 0.2) is 0 Å². The van der Waals surface area contributed by atoms with Gasteiger partial charge in [0.1, 0.15) is 0 Å². The molecular formula is C9H18N2. The average molecular weight is 154 g/mol. The predicted octanol–water partition coefficient (Wildman–Crippen LogP) is 0.786. The Bertz CT molecular complexity index is 132. The summed E-state index contributed by atoms with van der Waals surface area (Å²) >= 11 is 0. The molecule has 2 heterocycles. The normalized spacial score (nSPS) is 35.2. The van der Waals surface area contributed by atoms with Gasteiger partial charge in [0.25, 0.3) is 0 Å². The van der Waals surface area contributed by atoms with Crippen LogP contribution in [0.1, 0.15) is 19.3 Å². The van der Waals surface area contributed by atoms with Crippen LogP contribution in [0.2, 0.25) is 0 Å². The molecule has 0 spiro atoms. The summed E-state index contributed by atoms with van der Waals surface area (Å²) in [4.78, 5) is 5.10. The molecule has 1 atom stereocenters. The lowest BCUT2D eigenvalue weighted by molar-refractivity contribution is 0.0640. The van der Waals surface area contributed by atoms with Gasteiger partial charge in [0.15, 0.2) is 0 Å². The van der Waals surface area contributed by atoms with Crippen LogP contribution in [0, 0.1) is 0 Å². The van der Waals surface area contributed by atoms with Crippen LogP contribution in [0.5, 0.6) is 0 Å². The average Bonchev–Trinajstić information content (AvgIpc) is 1.83. The molecule has 0 aliphatic carbocycles. The van der Waals surface area contributed by atoms with Crippen molar-refractivity contribution in [2.24, 2.45) is 0 Å². The lowest BCUT2D eigenvalue weighted by Gasteiger charge is -2.42. The highest BCUT2D eigenvalue weighted by atomic mass is 15.2. The Hall–Kier alpha value is -0.0800. The van der Waals surface area contributed by atoms with Gasteiger partial charge in [-0.15, -0.1) is 0 Å². The fourth-order valence-electron chi connectivity index (χ4n) is 2.14. The lowest BCUT2D eigenvalue weighted by Crippen LogP contribution is -2.52. The molecule has 11 heavy (non-hydrogen) atoms. The van der Waals surface area contributed by atoms with E-state index in [9.17, 15) is 0 Å². The molecule has 0 aromatic rings. The Morgan fingerprint density at radius 3 is 2.45 bits per heavy atom. The van der Waals surface area contributed by atoms with Gasteiger partial charge in [-0.3, -0.25) is 4.90 Å². The topological polar surface area (TPSA) is 6.48 Å². The van der Waals surface area contributed by atoms with Gasteiger partial charge < -0.3 is 4.90 Å². The van der Waals surface area contributed by atoms with Gasteiger partial charge in [0.05, 0.1) is 0 Å². The van der Waals surface area contributed by atoms with E-state index in [0.717, 1.165) is 6.04 Å². The summed E-state index contributed by atoms with van der Waals surface area (Å²) in [5.74, 6) is 0. The van der Waals surface area contributed by atoms with Crippen molar-refractivity contribution in [3.63, 3.8) is 0 Å².